The van der Waals surface area contributed by atoms with Crippen LogP contribution in [0.5, 0.6) is 5.75 Å². The number of amides is 2. The van der Waals surface area contributed by atoms with E-state index in [4.69, 9.17) is 9.15 Å². The summed E-state index contributed by atoms with van der Waals surface area (Å²) in [7, 11) is 2.90. The van der Waals surface area contributed by atoms with Crippen LogP contribution in [0.1, 0.15) is 56.3 Å². The van der Waals surface area contributed by atoms with Crippen LogP contribution >= 0.6 is 0 Å². The van der Waals surface area contributed by atoms with E-state index in [1.165, 1.54) is 38.4 Å². The van der Waals surface area contributed by atoms with Crippen LogP contribution in [0, 0.1) is 32.4 Å². The van der Waals surface area contributed by atoms with E-state index >= 15 is 4.39 Å². The number of benzene rings is 3. The van der Waals surface area contributed by atoms with Gasteiger partial charge in [0.05, 0.1) is 23.6 Å². The Morgan fingerprint density at radius 2 is 1.59 bits per heavy atom. The molecule has 8 nitrogen and oxygen atoms in total. The molecule has 0 unspecified atom stereocenters. The Morgan fingerprint density at radius 3 is 2.20 bits per heavy atom. The number of halogens is 2. The number of rotatable bonds is 7. The third-order valence-electron chi connectivity index (χ3n) is 7.95. The van der Waals surface area contributed by atoms with Gasteiger partial charge < -0.3 is 19.8 Å². The van der Waals surface area contributed by atoms with Crippen LogP contribution in [0.3, 0.4) is 0 Å². The molecule has 0 spiro atoms. The lowest BCUT2D eigenvalue weighted by atomic mass is 9.94. The Kier molecular flexibility index (Phi) is 7.15. The number of aromatic nitrogens is 2. The van der Waals surface area contributed by atoms with Crippen molar-refractivity contribution in [3.05, 3.63) is 100 Å². The van der Waals surface area contributed by atoms with E-state index in [9.17, 15) is 14.0 Å². The van der Waals surface area contributed by atoms with Gasteiger partial charge in [-0.2, -0.15) is 0 Å². The number of nitrogens with one attached hydrogen (secondary N) is 2. The highest BCUT2D eigenvalue weighted by atomic mass is 19.1. The topological polar surface area (TPSA) is 106 Å². The first kappa shape index (κ1) is 29.0. The molecule has 0 radical (unpaired) electrons. The summed E-state index contributed by atoms with van der Waals surface area (Å²) in [6.07, 6.45) is 1.38. The lowest BCUT2D eigenvalue weighted by molar-refractivity contribution is 0.0923. The molecule has 44 heavy (non-hydrogen) atoms. The molecule has 0 aliphatic heterocycles. The van der Waals surface area contributed by atoms with Crippen molar-refractivity contribution >= 4 is 22.8 Å². The summed E-state index contributed by atoms with van der Waals surface area (Å²) in [4.78, 5) is 35.9. The number of nitrogens with zero attached hydrogens (tertiary/aromatic N) is 2. The van der Waals surface area contributed by atoms with Crippen molar-refractivity contribution < 1.29 is 27.5 Å². The highest BCUT2D eigenvalue weighted by Crippen LogP contribution is 2.45. The maximum absolute atomic E-state index is 16.5. The molecule has 1 aliphatic carbocycles. The maximum Gasteiger partial charge on any atom is 0.255 e. The molecule has 2 N–H and O–H groups in total. The lowest BCUT2D eigenvalue weighted by Crippen LogP contribution is -2.36. The van der Waals surface area contributed by atoms with Crippen LogP contribution in [0.2, 0.25) is 0 Å². The number of carbonyl (C=O) groups is 2. The zero-order chi connectivity index (χ0) is 31.3. The summed E-state index contributed by atoms with van der Waals surface area (Å²) < 4.78 is 41.7. The first-order valence-corrected chi connectivity index (χ1v) is 14.1. The van der Waals surface area contributed by atoms with E-state index < -0.39 is 29.0 Å². The number of furan rings is 1. The fraction of sp³-hybridized carbons (Fsp3) is 0.235. The fourth-order valence-electron chi connectivity index (χ4n) is 5.58. The monoisotopic (exact) mass is 596 g/mol. The highest BCUT2D eigenvalue weighted by Gasteiger charge is 2.49. The molecule has 0 bridgehead atoms. The maximum atomic E-state index is 16.5. The van der Waals surface area contributed by atoms with Crippen LogP contribution in [0.25, 0.3) is 33.4 Å². The molecular formula is C34H30F2N4O4. The minimum Gasteiger partial charge on any atom is -0.496 e. The zero-order valence-electron chi connectivity index (χ0n) is 24.9. The van der Waals surface area contributed by atoms with Crippen molar-refractivity contribution in [2.75, 3.05) is 14.2 Å². The van der Waals surface area contributed by atoms with Gasteiger partial charge in [-0.15, -0.1) is 0 Å². The van der Waals surface area contributed by atoms with Crippen molar-refractivity contribution in [1.82, 2.24) is 20.6 Å². The fourth-order valence-corrected chi connectivity index (χ4v) is 5.58. The predicted molar refractivity (Wildman–Crippen MR) is 162 cm³/mol. The quantitative estimate of drug-likeness (QED) is 0.221. The second-order valence-corrected chi connectivity index (χ2v) is 11.1. The van der Waals surface area contributed by atoms with Crippen LogP contribution < -0.4 is 15.4 Å². The first-order valence-electron chi connectivity index (χ1n) is 14.1. The van der Waals surface area contributed by atoms with E-state index in [2.05, 4.69) is 20.6 Å². The second-order valence-electron chi connectivity index (χ2n) is 11.1. The molecule has 2 amide bonds. The van der Waals surface area contributed by atoms with Crippen molar-refractivity contribution in [3.8, 4) is 28.2 Å². The standard InChI is InChI=1S/C34H30F2N4O4/c1-17-14-26(43-5)24(31(41)40-34(12-13-34)33-38-18(2)15-19(3)39-33)16-23(17)22-10-11-25-27(29(22)36)28(32(42)37-4)30(44-25)20-6-8-21(35)9-7-20/h6-11,14-16H,12-13H2,1-5H3,(H,37,42)(H,40,41). The van der Waals surface area contributed by atoms with Gasteiger partial charge in [0, 0.05) is 29.6 Å². The summed E-state index contributed by atoms with van der Waals surface area (Å²) >= 11 is 0. The van der Waals surface area contributed by atoms with Gasteiger partial charge in [-0.1, -0.05) is 0 Å². The number of fused-ring (bicyclic) bond motifs is 1. The van der Waals surface area contributed by atoms with Crippen LogP contribution in [0.15, 0.2) is 59.0 Å². The van der Waals surface area contributed by atoms with Gasteiger partial charge in [-0.05, 0) is 99.3 Å². The third kappa shape index (κ3) is 4.96. The summed E-state index contributed by atoms with van der Waals surface area (Å²) in [6.45, 7) is 5.55. The molecule has 224 valence electrons. The van der Waals surface area contributed by atoms with Crippen LogP contribution in [0.4, 0.5) is 8.78 Å². The van der Waals surface area contributed by atoms with Gasteiger partial charge in [-0.3, -0.25) is 9.59 Å². The van der Waals surface area contributed by atoms with Crippen LogP contribution in [-0.2, 0) is 5.54 Å². The molecule has 1 saturated carbocycles. The van der Waals surface area contributed by atoms with Gasteiger partial charge in [0.1, 0.15) is 34.3 Å². The van der Waals surface area contributed by atoms with Crippen LogP contribution in [-0.4, -0.2) is 35.9 Å². The number of ether oxygens (including phenoxy) is 1. The molecule has 2 aromatic heterocycles. The van der Waals surface area contributed by atoms with Gasteiger partial charge in [0.2, 0.25) is 0 Å². The molecule has 2 heterocycles. The number of methoxy groups -OCH3 is 1. The lowest BCUT2D eigenvalue weighted by Gasteiger charge is -2.19. The minimum absolute atomic E-state index is 0.0123. The molecule has 10 heteroatoms. The average molecular weight is 597 g/mol. The molecule has 1 fully saturated rings. The summed E-state index contributed by atoms with van der Waals surface area (Å²) in [5.74, 6) is -1.11. The molecular weight excluding hydrogens is 566 g/mol. The number of hydrogen-bond acceptors (Lipinski definition) is 6. The van der Waals surface area contributed by atoms with Gasteiger partial charge in [-0.25, -0.2) is 18.7 Å². The second kappa shape index (κ2) is 10.9. The molecule has 5 aromatic rings. The zero-order valence-corrected chi connectivity index (χ0v) is 24.9. The van der Waals surface area contributed by atoms with Gasteiger partial charge >= 0.3 is 0 Å². The van der Waals surface area contributed by atoms with E-state index in [0.717, 1.165) is 11.4 Å². The summed E-state index contributed by atoms with van der Waals surface area (Å²) in [5.41, 5.74) is 2.97. The van der Waals surface area contributed by atoms with Crippen molar-refractivity contribution in [2.45, 2.75) is 39.2 Å². The highest BCUT2D eigenvalue weighted by molar-refractivity contribution is 6.12. The summed E-state index contributed by atoms with van der Waals surface area (Å²) in [6, 6.07) is 13.7. The molecule has 1 aliphatic rings. The third-order valence-corrected chi connectivity index (χ3v) is 7.95. The first-order chi connectivity index (χ1) is 21.0. The number of hydrogen-bond donors (Lipinski definition) is 2. The minimum atomic E-state index is -0.694. The summed E-state index contributed by atoms with van der Waals surface area (Å²) in [5, 5.41) is 5.62. The van der Waals surface area contributed by atoms with E-state index in [0.29, 0.717) is 41.1 Å². The van der Waals surface area contributed by atoms with E-state index in [1.54, 1.807) is 31.2 Å². The smallest absolute Gasteiger partial charge is 0.255 e. The Morgan fingerprint density at radius 1 is 0.909 bits per heavy atom. The van der Waals surface area contributed by atoms with E-state index in [1.807, 2.05) is 19.9 Å². The molecule has 0 saturated heterocycles. The van der Waals surface area contributed by atoms with Gasteiger partial charge in [0.25, 0.3) is 11.8 Å². The largest absolute Gasteiger partial charge is 0.496 e. The van der Waals surface area contributed by atoms with Crippen molar-refractivity contribution in [2.24, 2.45) is 0 Å². The van der Waals surface area contributed by atoms with Crippen molar-refractivity contribution in [3.63, 3.8) is 0 Å². The number of aryl methyl sites for hydroxylation is 3. The van der Waals surface area contributed by atoms with E-state index in [-0.39, 0.29) is 33.4 Å². The Bertz CT molecular complexity index is 1940. The predicted octanol–water partition coefficient (Wildman–Crippen LogP) is 6.55. The normalized spacial score (nSPS) is 13.5. The average Bonchev–Trinajstić information content (AvgIpc) is 3.67. The molecule has 3 aromatic carbocycles. The van der Waals surface area contributed by atoms with Crippen molar-refractivity contribution in [1.29, 1.82) is 0 Å². The SMILES string of the molecule is CNC(=O)c1c(-c2ccc(F)cc2)oc2ccc(-c3cc(C(=O)NC4(c5nc(C)cc(C)n5)CC4)c(OC)cc3C)c(F)c12. The molecule has 0 atom stereocenters. The number of carbonyl (C=O) groups excluding carboxylic acids is 2. The van der Waals surface area contributed by atoms with Gasteiger partial charge in [0.15, 0.2) is 5.82 Å². The Hall–Kier alpha value is -5.12. The molecule has 6 rings (SSSR count). The Balaban J connectivity index is 1.46. The Labute approximate surface area is 252 Å².